The lowest BCUT2D eigenvalue weighted by Gasteiger charge is -2.06. The Morgan fingerprint density at radius 1 is 1.33 bits per heavy atom. The van der Waals surface area contributed by atoms with Gasteiger partial charge in [-0.1, -0.05) is 12.1 Å². The first-order valence-corrected chi connectivity index (χ1v) is 6.91. The number of hydrogen-bond donors (Lipinski definition) is 1. The highest BCUT2D eigenvalue weighted by Crippen LogP contribution is 2.24. The average Bonchev–Trinajstić information content (AvgIpc) is 2.87. The van der Waals surface area contributed by atoms with Crippen LogP contribution >= 0.6 is 0 Å². The van der Waals surface area contributed by atoms with E-state index >= 15 is 0 Å². The second kappa shape index (κ2) is 6.45. The van der Waals surface area contributed by atoms with Crippen LogP contribution in [0, 0.1) is 24.0 Å². The topological polar surface area (TPSA) is 85.9 Å². The number of aromatic nitrogens is 3. The summed E-state index contributed by atoms with van der Waals surface area (Å²) in [6, 6.07) is 3.34. The number of nitrogens with zero attached hydrogens (tertiary/aromatic N) is 4. The van der Waals surface area contributed by atoms with Gasteiger partial charge in [0.25, 0.3) is 5.69 Å². The highest BCUT2D eigenvalue weighted by Gasteiger charge is 2.15. The van der Waals surface area contributed by atoms with Gasteiger partial charge in [-0.25, -0.2) is 4.68 Å². The first-order valence-electron chi connectivity index (χ1n) is 6.91. The van der Waals surface area contributed by atoms with E-state index < -0.39 is 0 Å². The molecule has 0 unspecified atom stereocenters. The second-order valence-corrected chi connectivity index (χ2v) is 5.01. The van der Waals surface area contributed by atoms with E-state index in [-0.39, 0.29) is 10.6 Å². The molecule has 0 saturated heterocycles. The van der Waals surface area contributed by atoms with Gasteiger partial charge >= 0.3 is 0 Å². The number of nitro benzene ring substituents is 1. The summed E-state index contributed by atoms with van der Waals surface area (Å²) in [6.45, 7) is 7.29. The molecule has 112 valence electrons. The number of nitrogens with one attached hydrogen (secondary N) is 1. The van der Waals surface area contributed by atoms with Crippen molar-refractivity contribution in [3.8, 4) is 5.69 Å². The number of rotatable bonds is 6. The summed E-state index contributed by atoms with van der Waals surface area (Å²) in [5, 5.41) is 22.4. The summed E-state index contributed by atoms with van der Waals surface area (Å²) >= 11 is 0. The number of hydrogen-bond acceptors (Lipinski definition) is 5. The molecule has 0 amide bonds. The van der Waals surface area contributed by atoms with E-state index in [1.807, 2.05) is 6.92 Å². The van der Waals surface area contributed by atoms with Gasteiger partial charge in [-0.3, -0.25) is 10.1 Å². The average molecular weight is 289 g/mol. The maximum Gasteiger partial charge on any atom is 0.274 e. The zero-order valence-corrected chi connectivity index (χ0v) is 12.5. The van der Waals surface area contributed by atoms with Crippen LogP contribution in [-0.4, -0.2) is 26.5 Å². The maximum atomic E-state index is 11.0. The largest absolute Gasteiger partial charge is 0.311 e. The molecule has 2 aromatic rings. The highest BCUT2D eigenvalue weighted by molar-refractivity contribution is 5.53. The Morgan fingerprint density at radius 2 is 2.10 bits per heavy atom. The van der Waals surface area contributed by atoms with Crippen LogP contribution in [0.5, 0.6) is 0 Å². The van der Waals surface area contributed by atoms with Crippen LogP contribution in [0.3, 0.4) is 0 Å². The zero-order valence-electron chi connectivity index (χ0n) is 12.5. The van der Waals surface area contributed by atoms with Crippen molar-refractivity contribution in [2.45, 2.75) is 33.7 Å². The van der Waals surface area contributed by atoms with Crippen molar-refractivity contribution in [2.75, 3.05) is 6.54 Å². The second-order valence-electron chi connectivity index (χ2n) is 5.01. The molecule has 0 bridgehead atoms. The van der Waals surface area contributed by atoms with Gasteiger partial charge in [0.15, 0.2) is 0 Å². The lowest BCUT2D eigenvalue weighted by Crippen LogP contribution is -2.13. The Labute approximate surface area is 123 Å². The molecule has 0 saturated carbocycles. The van der Waals surface area contributed by atoms with E-state index in [1.165, 1.54) is 0 Å². The first kappa shape index (κ1) is 15.1. The summed E-state index contributed by atoms with van der Waals surface area (Å²) in [5.41, 5.74) is 3.16. The molecule has 2 rings (SSSR count). The Bertz CT molecular complexity index is 651. The maximum absolute atomic E-state index is 11.0. The standard InChI is InChI=1S/C14H19N5O2/c1-4-5-15-8-12-9-18(17-16-12)13-7-14(19(20)21)11(3)6-10(13)2/h6-7,9,15H,4-5,8H2,1-3H3. The van der Waals surface area contributed by atoms with Crippen LogP contribution in [0.2, 0.25) is 0 Å². The number of aryl methyl sites for hydroxylation is 2. The zero-order chi connectivity index (χ0) is 15.4. The van der Waals surface area contributed by atoms with Crippen molar-refractivity contribution in [3.63, 3.8) is 0 Å². The molecule has 1 N–H and O–H groups in total. The van der Waals surface area contributed by atoms with Crippen LogP contribution in [0.15, 0.2) is 18.3 Å². The van der Waals surface area contributed by atoms with Crippen LogP contribution in [0.25, 0.3) is 5.69 Å². The van der Waals surface area contributed by atoms with Crippen LogP contribution in [0.1, 0.15) is 30.2 Å². The van der Waals surface area contributed by atoms with E-state index in [0.717, 1.165) is 24.2 Å². The van der Waals surface area contributed by atoms with E-state index in [2.05, 4.69) is 22.6 Å². The summed E-state index contributed by atoms with van der Waals surface area (Å²) in [5.74, 6) is 0. The van der Waals surface area contributed by atoms with E-state index in [9.17, 15) is 10.1 Å². The third kappa shape index (κ3) is 3.43. The van der Waals surface area contributed by atoms with E-state index in [0.29, 0.717) is 17.8 Å². The number of nitro groups is 1. The molecule has 1 heterocycles. The van der Waals surface area contributed by atoms with Gasteiger partial charge in [0.1, 0.15) is 0 Å². The molecule has 0 atom stereocenters. The van der Waals surface area contributed by atoms with Crippen molar-refractivity contribution in [3.05, 3.63) is 45.3 Å². The van der Waals surface area contributed by atoms with Crippen molar-refractivity contribution in [1.82, 2.24) is 20.3 Å². The molecule has 0 aliphatic rings. The molecule has 21 heavy (non-hydrogen) atoms. The van der Waals surface area contributed by atoms with Gasteiger partial charge in [-0.05, 0) is 38.4 Å². The molecule has 1 aromatic heterocycles. The monoisotopic (exact) mass is 289 g/mol. The predicted octanol–water partition coefficient (Wildman–Crippen LogP) is 2.29. The van der Waals surface area contributed by atoms with Crippen molar-refractivity contribution < 1.29 is 4.92 Å². The van der Waals surface area contributed by atoms with E-state index in [4.69, 9.17) is 0 Å². The molecule has 0 aliphatic carbocycles. The SMILES string of the molecule is CCCNCc1cn(-c2cc([N+](=O)[O-])c(C)cc2C)nn1. The quantitative estimate of drug-likeness (QED) is 0.501. The molecule has 7 heteroatoms. The molecule has 0 spiro atoms. The fourth-order valence-electron chi connectivity index (χ4n) is 2.16. The third-order valence-electron chi connectivity index (χ3n) is 3.23. The fraction of sp³-hybridized carbons (Fsp3) is 0.429. The molecule has 1 aromatic carbocycles. The summed E-state index contributed by atoms with van der Waals surface area (Å²) in [6.07, 6.45) is 2.85. The molecular formula is C14H19N5O2. The molecule has 0 fully saturated rings. The van der Waals surface area contributed by atoms with Gasteiger partial charge in [-0.15, -0.1) is 5.10 Å². The Hall–Kier alpha value is -2.28. The molecule has 0 aliphatic heterocycles. The minimum Gasteiger partial charge on any atom is -0.311 e. The van der Waals surface area contributed by atoms with Crippen molar-refractivity contribution in [1.29, 1.82) is 0 Å². The summed E-state index contributed by atoms with van der Waals surface area (Å²) in [7, 11) is 0. The smallest absolute Gasteiger partial charge is 0.274 e. The third-order valence-corrected chi connectivity index (χ3v) is 3.23. The number of benzene rings is 1. The van der Waals surface area contributed by atoms with Gasteiger partial charge < -0.3 is 5.32 Å². The first-order chi connectivity index (χ1) is 10.0. The van der Waals surface area contributed by atoms with Gasteiger partial charge in [-0.2, -0.15) is 0 Å². The van der Waals surface area contributed by atoms with Crippen molar-refractivity contribution in [2.24, 2.45) is 0 Å². The normalized spacial score (nSPS) is 10.8. The highest BCUT2D eigenvalue weighted by atomic mass is 16.6. The van der Waals surface area contributed by atoms with Gasteiger partial charge in [0, 0.05) is 18.2 Å². The lowest BCUT2D eigenvalue weighted by atomic mass is 10.1. The van der Waals surface area contributed by atoms with Gasteiger partial charge in [0.2, 0.25) is 0 Å². The summed E-state index contributed by atoms with van der Waals surface area (Å²) < 4.78 is 1.59. The molecule has 7 nitrogen and oxygen atoms in total. The Balaban J connectivity index is 2.29. The van der Waals surface area contributed by atoms with Crippen LogP contribution in [0.4, 0.5) is 5.69 Å². The minimum atomic E-state index is -0.376. The fourth-order valence-corrected chi connectivity index (χ4v) is 2.16. The van der Waals surface area contributed by atoms with Gasteiger partial charge in [0.05, 0.1) is 22.5 Å². The van der Waals surface area contributed by atoms with Crippen molar-refractivity contribution >= 4 is 5.69 Å². The predicted molar refractivity (Wildman–Crippen MR) is 79.5 cm³/mol. The van der Waals surface area contributed by atoms with E-state index in [1.54, 1.807) is 29.9 Å². The Morgan fingerprint density at radius 3 is 2.76 bits per heavy atom. The summed E-state index contributed by atoms with van der Waals surface area (Å²) in [4.78, 5) is 10.7. The molecular weight excluding hydrogens is 270 g/mol. The molecule has 0 radical (unpaired) electrons. The minimum absolute atomic E-state index is 0.0942. The lowest BCUT2D eigenvalue weighted by molar-refractivity contribution is -0.385. The van der Waals surface area contributed by atoms with Crippen LogP contribution in [-0.2, 0) is 6.54 Å². The van der Waals surface area contributed by atoms with Crippen LogP contribution < -0.4 is 5.32 Å². The Kier molecular flexibility index (Phi) is 4.64.